The molecule has 0 aliphatic heterocycles. The van der Waals surface area contributed by atoms with E-state index in [1.165, 1.54) is 0 Å². The maximum atomic E-state index is 11.8. The molecular weight excluding hydrogens is 318 g/mol. The lowest BCUT2D eigenvalue weighted by atomic mass is 10.2. The minimum atomic E-state index is -0.0581. The van der Waals surface area contributed by atoms with Crippen molar-refractivity contribution in [2.45, 2.75) is 6.42 Å². The second-order valence-corrected chi connectivity index (χ2v) is 5.19. The van der Waals surface area contributed by atoms with Gasteiger partial charge in [-0.15, -0.1) is 0 Å². The molecule has 0 saturated heterocycles. The van der Waals surface area contributed by atoms with Gasteiger partial charge in [-0.25, -0.2) is 0 Å². The fourth-order valence-corrected chi connectivity index (χ4v) is 1.95. The Morgan fingerprint density at radius 3 is 2.45 bits per heavy atom. The fourth-order valence-electron chi connectivity index (χ4n) is 1.68. The van der Waals surface area contributed by atoms with Crippen molar-refractivity contribution < 1.29 is 9.53 Å². The molecule has 3 nitrogen and oxygen atoms in total. The van der Waals surface area contributed by atoms with Gasteiger partial charge in [0, 0.05) is 16.6 Å². The number of rotatable bonds is 6. The molecule has 0 bridgehead atoms. The number of halogens is 1. The number of para-hydroxylation sites is 1. The van der Waals surface area contributed by atoms with E-state index in [0.29, 0.717) is 18.7 Å². The number of amides is 1. The summed E-state index contributed by atoms with van der Waals surface area (Å²) in [6.07, 6.45) is 0.775. The summed E-state index contributed by atoms with van der Waals surface area (Å²) in [4.78, 5) is 11.8. The summed E-state index contributed by atoms with van der Waals surface area (Å²) in [6.45, 7) is 1.19. The van der Waals surface area contributed by atoms with E-state index in [9.17, 15) is 4.79 Å². The maximum absolute atomic E-state index is 11.8. The van der Waals surface area contributed by atoms with E-state index in [0.717, 1.165) is 16.6 Å². The van der Waals surface area contributed by atoms with Gasteiger partial charge in [-0.2, -0.15) is 0 Å². The molecule has 0 fully saturated rings. The highest BCUT2D eigenvalue weighted by Gasteiger charge is 2.03. The minimum Gasteiger partial charge on any atom is -0.494 e. The molecule has 0 unspecified atom stereocenters. The second-order valence-electron chi connectivity index (χ2n) is 4.28. The summed E-state index contributed by atoms with van der Waals surface area (Å²) in [5, 5.41) is 2.87. The Bertz CT molecular complexity index is 540. The van der Waals surface area contributed by atoms with E-state index in [2.05, 4.69) is 21.2 Å². The van der Waals surface area contributed by atoms with Gasteiger partial charge in [-0.05, 0) is 42.8 Å². The van der Waals surface area contributed by atoms with Gasteiger partial charge in [0.25, 0.3) is 5.91 Å². The molecule has 0 saturated carbocycles. The van der Waals surface area contributed by atoms with Crippen LogP contribution in [0.5, 0.6) is 5.75 Å². The van der Waals surface area contributed by atoms with Crippen molar-refractivity contribution in [2.75, 3.05) is 13.2 Å². The monoisotopic (exact) mass is 333 g/mol. The van der Waals surface area contributed by atoms with E-state index in [1.54, 1.807) is 12.1 Å². The van der Waals surface area contributed by atoms with Gasteiger partial charge in [0.15, 0.2) is 0 Å². The van der Waals surface area contributed by atoms with Crippen LogP contribution in [0.25, 0.3) is 0 Å². The molecule has 104 valence electrons. The van der Waals surface area contributed by atoms with Gasteiger partial charge in [-0.3, -0.25) is 4.79 Å². The third-order valence-corrected chi connectivity index (χ3v) is 3.25. The molecule has 2 aromatic carbocycles. The number of carbonyl (C=O) groups excluding carboxylic acids is 1. The molecule has 1 N–H and O–H groups in total. The first-order valence-corrected chi connectivity index (χ1v) is 7.26. The zero-order valence-electron chi connectivity index (χ0n) is 11.0. The summed E-state index contributed by atoms with van der Waals surface area (Å²) >= 11 is 3.34. The van der Waals surface area contributed by atoms with Crippen LogP contribution in [-0.4, -0.2) is 19.1 Å². The van der Waals surface area contributed by atoms with Crippen molar-refractivity contribution in [3.63, 3.8) is 0 Å². The average Bonchev–Trinajstić information content (AvgIpc) is 2.48. The molecule has 0 atom stereocenters. The topological polar surface area (TPSA) is 38.3 Å². The molecule has 4 heteroatoms. The Labute approximate surface area is 127 Å². The number of carbonyl (C=O) groups is 1. The molecule has 1 amide bonds. The summed E-state index contributed by atoms with van der Waals surface area (Å²) in [7, 11) is 0. The lowest BCUT2D eigenvalue weighted by Gasteiger charge is -2.07. The van der Waals surface area contributed by atoms with E-state index >= 15 is 0 Å². The van der Waals surface area contributed by atoms with Gasteiger partial charge in [0.2, 0.25) is 0 Å². The molecule has 0 aliphatic carbocycles. The van der Waals surface area contributed by atoms with Crippen LogP contribution in [0, 0.1) is 0 Å². The fraction of sp³-hybridized carbons (Fsp3) is 0.188. The standard InChI is InChI=1S/C16H16BrNO2/c17-14-9-7-13(8-10-14)16(19)18-11-4-12-20-15-5-2-1-3-6-15/h1-3,5-10H,4,11-12H2,(H,18,19). The van der Waals surface area contributed by atoms with Gasteiger partial charge < -0.3 is 10.1 Å². The molecule has 2 rings (SSSR count). The predicted octanol–water partition coefficient (Wildman–Crippen LogP) is 3.65. The Morgan fingerprint density at radius 2 is 1.75 bits per heavy atom. The number of ether oxygens (including phenoxy) is 1. The highest BCUT2D eigenvalue weighted by Crippen LogP contribution is 2.10. The highest BCUT2D eigenvalue weighted by atomic mass is 79.9. The largest absolute Gasteiger partial charge is 0.494 e. The van der Waals surface area contributed by atoms with Crippen LogP contribution in [-0.2, 0) is 0 Å². The Kier molecular flexibility index (Phi) is 5.62. The van der Waals surface area contributed by atoms with Crippen LogP contribution >= 0.6 is 15.9 Å². The normalized spacial score (nSPS) is 10.1. The van der Waals surface area contributed by atoms with Crippen LogP contribution in [0.2, 0.25) is 0 Å². The quantitative estimate of drug-likeness (QED) is 0.819. The minimum absolute atomic E-state index is 0.0581. The zero-order valence-corrected chi connectivity index (χ0v) is 12.6. The van der Waals surface area contributed by atoms with Gasteiger partial charge in [0.1, 0.15) is 5.75 Å². The number of hydrogen-bond acceptors (Lipinski definition) is 2. The Morgan fingerprint density at radius 1 is 1.05 bits per heavy atom. The van der Waals surface area contributed by atoms with Crippen LogP contribution in [0.1, 0.15) is 16.8 Å². The number of benzene rings is 2. The molecule has 0 spiro atoms. The van der Waals surface area contributed by atoms with Crippen molar-refractivity contribution in [1.82, 2.24) is 5.32 Å². The van der Waals surface area contributed by atoms with E-state index in [-0.39, 0.29) is 5.91 Å². The molecule has 0 radical (unpaired) electrons. The average molecular weight is 334 g/mol. The first-order chi connectivity index (χ1) is 9.75. The Balaban J connectivity index is 1.66. The van der Waals surface area contributed by atoms with Crippen molar-refractivity contribution >= 4 is 21.8 Å². The number of hydrogen-bond donors (Lipinski definition) is 1. The SMILES string of the molecule is O=C(NCCCOc1ccccc1)c1ccc(Br)cc1. The second kappa shape index (κ2) is 7.70. The summed E-state index contributed by atoms with van der Waals surface area (Å²) in [5.74, 6) is 0.795. The maximum Gasteiger partial charge on any atom is 0.251 e. The third-order valence-electron chi connectivity index (χ3n) is 2.73. The summed E-state index contributed by atoms with van der Waals surface area (Å²) in [5.41, 5.74) is 0.664. The smallest absolute Gasteiger partial charge is 0.251 e. The van der Waals surface area contributed by atoms with E-state index in [4.69, 9.17) is 4.74 Å². The van der Waals surface area contributed by atoms with Crippen molar-refractivity contribution in [3.05, 3.63) is 64.6 Å². The van der Waals surface area contributed by atoms with Crippen molar-refractivity contribution in [1.29, 1.82) is 0 Å². The molecular formula is C16H16BrNO2. The Hall–Kier alpha value is -1.81. The first kappa shape index (κ1) is 14.6. The lowest BCUT2D eigenvalue weighted by Crippen LogP contribution is -2.25. The summed E-state index contributed by atoms with van der Waals surface area (Å²) in [6, 6.07) is 16.9. The zero-order chi connectivity index (χ0) is 14.2. The van der Waals surface area contributed by atoms with Crippen LogP contribution in [0.15, 0.2) is 59.1 Å². The molecule has 0 aromatic heterocycles. The lowest BCUT2D eigenvalue weighted by molar-refractivity contribution is 0.0951. The van der Waals surface area contributed by atoms with Crippen LogP contribution in [0.4, 0.5) is 0 Å². The van der Waals surface area contributed by atoms with Gasteiger partial charge >= 0.3 is 0 Å². The predicted molar refractivity (Wildman–Crippen MR) is 83.0 cm³/mol. The molecule has 0 heterocycles. The first-order valence-electron chi connectivity index (χ1n) is 6.47. The summed E-state index contributed by atoms with van der Waals surface area (Å²) < 4.78 is 6.51. The highest BCUT2D eigenvalue weighted by molar-refractivity contribution is 9.10. The van der Waals surface area contributed by atoms with Crippen LogP contribution < -0.4 is 10.1 Å². The van der Waals surface area contributed by atoms with Crippen LogP contribution in [0.3, 0.4) is 0 Å². The molecule has 2 aromatic rings. The van der Waals surface area contributed by atoms with Crippen molar-refractivity contribution in [3.8, 4) is 5.75 Å². The molecule has 20 heavy (non-hydrogen) atoms. The third kappa shape index (κ3) is 4.70. The van der Waals surface area contributed by atoms with E-state index in [1.807, 2.05) is 42.5 Å². The van der Waals surface area contributed by atoms with E-state index < -0.39 is 0 Å². The van der Waals surface area contributed by atoms with Gasteiger partial charge in [-0.1, -0.05) is 34.1 Å². The van der Waals surface area contributed by atoms with Crippen molar-refractivity contribution in [2.24, 2.45) is 0 Å². The molecule has 0 aliphatic rings. The number of nitrogens with one attached hydrogen (secondary N) is 1. The van der Waals surface area contributed by atoms with Gasteiger partial charge in [0.05, 0.1) is 6.61 Å².